The van der Waals surface area contributed by atoms with Crippen molar-refractivity contribution < 1.29 is 17.2 Å². The van der Waals surface area contributed by atoms with Gasteiger partial charge in [-0.1, -0.05) is 0 Å². The van der Waals surface area contributed by atoms with Gasteiger partial charge in [0.1, 0.15) is 11.6 Å². The van der Waals surface area contributed by atoms with Crippen molar-refractivity contribution in [3.8, 4) is 0 Å². The molecular weight excluding hydrogens is 325 g/mol. The third-order valence-corrected chi connectivity index (χ3v) is 4.58. The molecule has 0 unspecified atom stereocenters. The van der Waals surface area contributed by atoms with Crippen LogP contribution in [0.25, 0.3) is 0 Å². The Hall–Kier alpha value is -1.18. The first kappa shape index (κ1) is 13.3. The number of sulfonamides is 1. The molecule has 0 bridgehead atoms. The van der Waals surface area contributed by atoms with Crippen LogP contribution in [0.4, 0.5) is 4.39 Å². The van der Waals surface area contributed by atoms with Crippen LogP contribution in [0.1, 0.15) is 5.76 Å². The van der Waals surface area contributed by atoms with E-state index in [1.54, 1.807) is 12.1 Å². The Morgan fingerprint density at radius 1 is 1.33 bits per heavy atom. The second kappa shape index (κ2) is 5.21. The molecule has 1 heterocycles. The first-order valence-electron chi connectivity index (χ1n) is 4.96. The van der Waals surface area contributed by atoms with Crippen molar-refractivity contribution in [3.63, 3.8) is 0 Å². The minimum Gasteiger partial charge on any atom is -0.468 e. The number of furan rings is 1. The summed E-state index contributed by atoms with van der Waals surface area (Å²) < 4.78 is 44.3. The number of hydrogen-bond donors (Lipinski definition) is 1. The van der Waals surface area contributed by atoms with E-state index in [1.807, 2.05) is 0 Å². The van der Waals surface area contributed by atoms with E-state index in [0.717, 1.165) is 12.1 Å². The summed E-state index contributed by atoms with van der Waals surface area (Å²) in [6.45, 7) is 0.0408. The minimum absolute atomic E-state index is 0.0181. The highest BCUT2D eigenvalue weighted by Gasteiger charge is 2.18. The zero-order valence-corrected chi connectivity index (χ0v) is 11.5. The summed E-state index contributed by atoms with van der Waals surface area (Å²) in [7, 11) is -3.71. The van der Waals surface area contributed by atoms with Crippen LogP contribution in [-0.4, -0.2) is 8.42 Å². The Morgan fingerprint density at radius 3 is 2.72 bits per heavy atom. The molecule has 2 aromatic rings. The van der Waals surface area contributed by atoms with Gasteiger partial charge in [0.05, 0.1) is 17.7 Å². The summed E-state index contributed by atoms with van der Waals surface area (Å²) in [4.78, 5) is -0.0181. The van der Waals surface area contributed by atoms with Crippen LogP contribution in [0.5, 0.6) is 0 Å². The van der Waals surface area contributed by atoms with Gasteiger partial charge in [0, 0.05) is 4.47 Å². The van der Waals surface area contributed by atoms with E-state index in [0.29, 0.717) is 5.76 Å². The zero-order chi connectivity index (χ0) is 13.2. The fourth-order valence-electron chi connectivity index (χ4n) is 1.35. The van der Waals surface area contributed by atoms with Crippen LogP contribution in [0.15, 0.2) is 50.4 Å². The molecule has 0 aliphatic carbocycles. The molecule has 0 aliphatic heterocycles. The Kier molecular flexibility index (Phi) is 3.84. The van der Waals surface area contributed by atoms with Gasteiger partial charge in [0.2, 0.25) is 10.0 Å². The van der Waals surface area contributed by atoms with E-state index in [1.165, 1.54) is 12.3 Å². The first-order chi connectivity index (χ1) is 8.49. The average molecular weight is 334 g/mol. The Morgan fingerprint density at radius 2 is 2.11 bits per heavy atom. The van der Waals surface area contributed by atoms with Crippen LogP contribution in [0.3, 0.4) is 0 Å². The monoisotopic (exact) mass is 333 g/mol. The molecular formula is C11H9BrFNO3S. The average Bonchev–Trinajstić information content (AvgIpc) is 2.78. The van der Waals surface area contributed by atoms with Crippen molar-refractivity contribution in [1.82, 2.24) is 4.72 Å². The van der Waals surface area contributed by atoms with E-state index in [-0.39, 0.29) is 15.9 Å². The highest BCUT2D eigenvalue weighted by Crippen LogP contribution is 2.22. The largest absolute Gasteiger partial charge is 0.468 e. The Bertz CT molecular complexity index is 640. The molecule has 4 nitrogen and oxygen atoms in total. The lowest BCUT2D eigenvalue weighted by Gasteiger charge is -2.07. The van der Waals surface area contributed by atoms with Gasteiger partial charge in [-0.15, -0.1) is 0 Å². The van der Waals surface area contributed by atoms with E-state index >= 15 is 0 Å². The van der Waals surface area contributed by atoms with E-state index in [2.05, 4.69) is 20.7 Å². The minimum atomic E-state index is -3.71. The zero-order valence-electron chi connectivity index (χ0n) is 9.06. The molecule has 96 valence electrons. The topological polar surface area (TPSA) is 59.3 Å². The highest BCUT2D eigenvalue weighted by molar-refractivity contribution is 9.10. The second-order valence-electron chi connectivity index (χ2n) is 3.48. The van der Waals surface area contributed by atoms with Gasteiger partial charge >= 0.3 is 0 Å². The molecule has 1 aromatic carbocycles. The third kappa shape index (κ3) is 2.98. The van der Waals surface area contributed by atoms with Crippen molar-refractivity contribution >= 4 is 26.0 Å². The SMILES string of the molecule is O=S(=O)(NCc1ccco1)c1ccc(F)cc1Br. The van der Waals surface area contributed by atoms with Crippen molar-refractivity contribution in [2.24, 2.45) is 0 Å². The molecule has 7 heteroatoms. The molecule has 0 aliphatic rings. The maximum Gasteiger partial charge on any atom is 0.242 e. The molecule has 0 saturated heterocycles. The van der Waals surface area contributed by atoms with Crippen molar-refractivity contribution in [2.75, 3.05) is 0 Å². The molecule has 0 amide bonds. The third-order valence-electron chi connectivity index (χ3n) is 2.20. The van der Waals surface area contributed by atoms with E-state index in [4.69, 9.17) is 4.42 Å². The van der Waals surface area contributed by atoms with Gasteiger partial charge in [-0.2, -0.15) is 0 Å². The van der Waals surface area contributed by atoms with Gasteiger partial charge < -0.3 is 4.42 Å². The number of hydrogen-bond acceptors (Lipinski definition) is 3. The maximum absolute atomic E-state index is 12.9. The lowest BCUT2D eigenvalue weighted by Crippen LogP contribution is -2.23. The summed E-state index contributed by atoms with van der Waals surface area (Å²) >= 11 is 3.02. The Balaban J connectivity index is 2.20. The number of rotatable bonds is 4. The van der Waals surface area contributed by atoms with E-state index in [9.17, 15) is 12.8 Å². The van der Waals surface area contributed by atoms with Crippen molar-refractivity contribution in [3.05, 3.63) is 52.6 Å². The number of halogens is 2. The summed E-state index contributed by atoms with van der Waals surface area (Å²) in [6.07, 6.45) is 1.46. The van der Waals surface area contributed by atoms with Crippen LogP contribution < -0.4 is 4.72 Å². The summed E-state index contributed by atoms with van der Waals surface area (Å²) in [5.74, 6) is -0.0105. The fourth-order valence-corrected chi connectivity index (χ4v) is 3.39. The van der Waals surface area contributed by atoms with Crippen LogP contribution in [0.2, 0.25) is 0 Å². The smallest absolute Gasteiger partial charge is 0.242 e. The van der Waals surface area contributed by atoms with Gasteiger partial charge in [-0.25, -0.2) is 17.5 Å². The predicted molar refractivity (Wildman–Crippen MR) is 66.8 cm³/mol. The molecule has 1 N–H and O–H groups in total. The lowest BCUT2D eigenvalue weighted by atomic mass is 10.3. The molecule has 1 aromatic heterocycles. The molecule has 0 radical (unpaired) electrons. The second-order valence-corrected chi connectivity index (χ2v) is 6.07. The number of nitrogens with one attached hydrogen (secondary N) is 1. The summed E-state index contributed by atoms with van der Waals surface area (Å²) in [5, 5.41) is 0. The molecule has 0 atom stereocenters. The lowest BCUT2D eigenvalue weighted by molar-refractivity contribution is 0.498. The Labute approximate surface area is 112 Å². The summed E-state index contributed by atoms with van der Waals surface area (Å²) in [5.41, 5.74) is 0. The molecule has 0 spiro atoms. The standard InChI is InChI=1S/C11H9BrFNO3S/c12-10-6-8(13)3-4-11(10)18(15,16)14-7-9-2-1-5-17-9/h1-6,14H,7H2. The van der Waals surface area contributed by atoms with Crippen molar-refractivity contribution in [2.45, 2.75) is 11.4 Å². The predicted octanol–water partition coefficient (Wildman–Crippen LogP) is 2.66. The summed E-state index contributed by atoms with van der Waals surface area (Å²) in [6, 6.07) is 6.71. The molecule has 0 fully saturated rings. The van der Waals surface area contributed by atoms with Gasteiger partial charge in [-0.3, -0.25) is 0 Å². The van der Waals surface area contributed by atoms with E-state index < -0.39 is 15.8 Å². The molecule has 18 heavy (non-hydrogen) atoms. The quantitative estimate of drug-likeness (QED) is 0.935. The van der Waals surface area contributed by atoms with Crippen molar-refractivity contribution in [1.29, 1.82) is 0 Å². The normalized spacial score (nSPS) is 11.7. The highest BCUT2D eigenvalue weighted by atomic mass is 79.9. The molecule has 2 rings (SSSR count). The van der Waals surface area contributed by atoms with Gasteiger partial charge in [0.25, 0.3) is 0 Å². The molecule has 0 saturated carbocycles. The van der Waals surface area contributed by atoms with Crippen LogP contribution in [-0.2, 0) is 16.6 Å². The van der Waals surface area contributed by atoms with Crippen LogP contribution >= 0.6 is 15.9 Å². The van der Waals surface area contributed by atoms with Gasteiger partial charge in [0.15, 0.2) is 0 Å². The maximum atomic E-state index is 12.9. The first-order valence-corrected chi connectivity index (χ1v) is 7.24. The fraction of sp³-hybridized carbons (Fsp3) is 0.0909. The number of benzene rings is 1. The van der Waals surface area contributed by atoms with Crippen LogP contribution in [0, 0.1) is 5.82 Å². The van der Waals surface area contributed by atoms with Gasteiger partial charge in [-0.05, 0) is 46.3 Å².